The van der Waals surface area contributed by atoms with Gasteiger partial charge in [0.2, 0.25) is 0 Å². The summed E-state index contributed by atoms with van der Waals surface area (Å²) in [6.45, 7) is 0. The first-order valence-corrected chi connectivity index (χ1v) is 15.7. The van der Waals surface area contributed by atoms with Crippen LogP contribution in [0.4, 0.5) is 11.6 Å². The molecule has 2 aliphatic rings. The molecular weight excluding hydrogens is 548 g/mol. The summed E-state index contributed by atoms with van der Waals surface area (Å²) < 4.78 is 4.83. The molecule has 0 atom stereocenters. The largest absolute Gasteiger partial charge is 0.373 e. The molecule has 212 valence electrons. The summed E-state index contributed by atoms with van der Waals surface area (Å²) in [7, 11) is 0. The Kier molecular flexibility index (Phi) is 5.08. The van der Waals surface area contributed by atoms with Gasteiger partial charge in [0.05, 0.1) is 11.0 Å². The minimum atomic E-state index is 0.998. The zero-order valence-corrected chi connectivity index (χ0v) is 24.6. The average Bonchev–Trinajstić information content (AvgIpc) is 3.61. The van der Waals surface area contributed by atoms with Crippen molar-refractivity contribution in [2.45, 2.75) is 12.8 Å². The molecule has 1 aliphatic carbocycles. The zero-order valence-electron chi connectivity index (χ0n) is 24.6. The Morgan fingerprint density at radius 3 is 2.27 bits per heavy atom. The van der Waals surface area contributed by atoms with Gasteiger partial charge in [-0.1, -0.05) is 91.0 Å². The van der Waals surface area contributed by atoms with E-state index in [-0.39, 0.29) is 0 Å². The molecule has 3 heterocycles. The molecule has 0 radical (unpaired) electrons. The van der Waals surface area contributed by atoms with Gasteiger partial charge in [-0.2, -0.15) is 9.47 Å². The molecule has 0 fully saturated rings. The summed E-state index contributed by atoms with van der Waals surface area (Å²) in [6.07, 6.45) is 6.68. The third-order valence-electron chi connectivity index (χ3n) is 9.60. The van der Waals surface area contributed by atoms with E-state index in [4.69, 9.17) is 0 Å². The maximum Gasteiger partial charge on any atom is 0.373 e. The molecular formula is C41H29N4+. The fourth-order valence-electron chi connectivity index (χ4n) is 7.65. The Labute approximate surface area is 260 Å². The molecule has 0 bridgehead atoms. The van der Waals surface area contributed by atoms with E-state index >= 15 is 0 Å². The van der Waals surface area contributed by atoms with Gasteiger partial charge in [0.15, 0.2) is 0 Å². The number of fused-ring (bicyclic) bond motifs is 11. The second kappa shape index (κ2) is 9.31. The van der Waals surface area contributed by atoms with E-state index in [9.17, 15) is 0 Å². The molecule has 45 heavy (non-hydrogen) atoms. The average molecular weight is 578 g/mol. The number of benzene rings is 6. The number of anilines is 2. The molecule has 0 unspecified atom stereocenters. The number of nitrogens with zero attached hydrogens (tertiary/aromatic N) is 3. The van der Waals surface area contributed by atoms with E-state index < -0.39 is 0 Å². The Morgan fingerprint density at radius 2 is 1.33 bits per heavy atom. The van der Waals surface area contributed by atoms with Crippen LogP contribution in [-0.2, 0) is 0 Å². The highest BCUT2D eigenvalue weighted by Gasteiger charge is 2.37. The van der Waals surface area contributed by atoms with Gasteiger partial charge in [-0.3, -0.25) is 0 Å². The number of hydrogen-bond donors (Lipinski definition) is 0. The minimum absolute atomic E-state index is 0.998. The number of H-pyrrole nitrogens is 1. The number of nitrogens with one attached hydrogen (secondary N) is 1. The summed E-state index contributed by atoms with van der Waals surface area (Å²) >= 11 is 0. The Hall–Kier alpha value is -5.87. The van der Waals surface area contributed by atoms with Gasteiger partial charge in [0.25, 0.3) is 0 Å². The lowest BCUT2D eigenvalue weighted by Crippen LogP contribution is -2.24. The van der Waals surface area contributed by atoms with Crippen LogP contribution in [0.2, 0.25) is 0 Å². The first-order valence-electron chi connectivity index (χ1n) is 15.7. The summed E-state index contributed by atoms with van der Waals surface area (Å²) in [6, 6.07) is 48.5. The van der Waals surface area contributed by atoms with E-state index in [1.54, 1.807) is 0 Å². The molecule has 10 rings (SSSR count). The summed E-state index contributed by atoms with van der Waals surface area (Å²) in [4.78, 5) is 6.41. The van der Waals surface area contributed by atoms with Crippen molar-refractivity contribution in [1.82, 2.24) is 9.13 Å². The molecule has 0 saturated carbocycles. The standard InChI is InChI=1S/C41H28N4/c1-2-13-28(14-3-1)43-35-19-9-6-18-33(35)34-24-23-29(26-39(34)43)44-36-20-10-7-16-31(36)32-17-8-11-21-37(32)45-38-25-22-27-12-4-5-15-30(27)40(38)42-41(44)45/h1-6,8-15,17-26H,7,16H2/p+1. The molecule has 0 amide bonds. The van der Waals surface area contributed by atoms with E-state index in [0.29, 0.717) is 0 Å². The zero-order chi connectivity index (χ0) is 29.5. The summed E-state index contributed by atoms with van der Waals surface area (Å²) in [5, 5.41) is 4.96. The van der Waals surface area contributed by atoms with Gasteiger partial charge in [0, 0.05) is 39.0 Å². The first-order chi connectivity index (χ1) is 22.3. The third-order valence-corrected chi connectivity index (χ3v) is 9.60. The fraction of sp³-hybridized carbons (Fsp3) is 0.0488. The van der Waals surface area contributed by atoms with E-state index in [2.05, 4.69) is 165 Å². The number of aromatic amines is 1. The van der Waals surface area contributed by atoms with Crippen LogP contribution in [0.1, 0.15) is 18.4 Å². The topological polar surface area (TPSA) is 27.2 Å². The number of imidazole rings is 1. The van der Waals surface area contributed by atoms with Gasteiger partial charge < -0.3 is 4.57 Å². The van der Waals surface area contributed by atoms with Crippen molar-refractivity contribution < 1.29 is 4.98 Å². The van der Waals surface area contributed by atoms with Gasteiger partial charge in [-0.15, -0.1) is 0 Å². The number of aromatic nitrogens is 3. The molecule has 4 nitrogen and oxygen atoms in total. The van der Waals surface area contributed by atoms with Gasteiger partial charge in [0.1, 0.15) is 28.1 Å². The predicted octanol–water partition coefficient (Wildman–Crippen LogP) is 9.91. The molecule has 6 aromatic carbocycles. The number of hydrogen-bond acceptors (Lipinski definition) is 1. The number of allylic oxidation sites excluding steroid dienone is 3. The van der Waals surface area contributed by atoms with Crippen LogP contribution in [0.15, 0.2) is 151 Å². The van der Waals surface area contributed by atoms with Crippen LogP contribution in [0, 0.1) is 0 Å². The number of para-hydroxylation sites is 3. The maximum atomic E-state index is 3.96. The lowest BCUT2D eigenvalue weighted by Gasteiger charge is -2.22. The van der Waals surface area contributed by atoms with Crippen LogP contribution >= 0.6 is 0 Å². The van der Waals surface area contributed by atoms with Crippen molar-refractivity contribution in [1.29, 1.82) is 0 Å². The lowest BCUT2D eigenvalue weighted by molar-refractivity contribution is -0.328. The molecule has 4 heteroatoms. The van der Waals surface area contributed by atoms with Crippen LogP contribution in [0.25, 0.3) is 60.6 Å². The van der Waals surface area contributed by atoms with Gasteiger partial charge >= 0.3 is 5.95 Å². The SMILES string of the molecule is C1=CC2=C(CC1)c1ccccc1-n1c([nH+]c3c4ccccc4ccc31)N2c1ccc2c3ccccc3n(-c3ccccc3)c2c1. The summed E-state index contributed by atoms with van der Waals surface area (Å²) in [5.74, 6) is 1.03. The van der Waals surface area contributed by atoms with Crippen molar-refractivity contribution in [3.05, 3.63) is 157 Å². The highest BCUT2D eigenvalue weighted by atomic mass is 15.3. The van der Waals surface area contributed by atoms with Crippen molar-refractivity contribution in [2.24, 2.45) is 0 Å². The Morgan fingerprint density at radius 1 is 0.556 bits per heavy atom. The van der Waals surface area contributed by atoms with Gasteiger partial charge in [-0.25, -0.2) is 4.98 Å². The second-order valence-corrected chi connectivity index (χ2v) is 12.0. The molecule has 0 saturated heterocycles. The monoisotopic (exact) mass is 577 g/mol. The van der Waals surface area contributed by atoms with Crippen LogP contribution in [0.5, 0.6) is 0 Å². The van der Waals surface area contributed by atoms with Crippen LogP contribution in [0.3, 0.4) is 0 Å². The van der Waals surface area contributed by atoms with E-state index in [1.807, 2.05) is 0 Å². The number of rotatable bonds is 2. The third kappa shape index (κ3) is 3.45. The highest BCUT2D eigenvalue weighted by molar-refractivity contribution is 6.10. The Bertz CT molecular complexity index is 2540. The second-order valence-electron chi connectivity index (χ2n) is 12.0. The quantitative estimate of drug-likeness (QED) is 0.201. The van der Waals surface area contributed by atoms with Crippen molar-refractivity contribution in [3.8, 4) is 11.4 Å². The van der Waals surface area contributed by atoms with Crippen molar-refractivity contribution in [3.63, 3.8) is 0 Å². The molecule has 2 aromatic heterocycles. The first kappa shape index (κ1) is 24.6. The van der Waals surface area contributed by atoms with Crippen LogP contribution < -0.4 is 9.88 Å². The van der Waals surface area contributed by atoms with E-state index in [1.165, 1.54) is 60.6 Å². The molecule has 8 aromatic rings. The normalized spacial score (nSPS) is 14.3. The molecule has 0 spiro atoms. The predicted molar refractivity (Wildman–Crippen MR) is 186 cm³/mol. The van der Waals surface area contributed by atoms with Crippen LogP contribution in [-0.4, -0.2) is 9.13 Å². The van der Waals surface area contributed by atoms with Crippen molar-refractivity contribution in [2.75, 3.05) is 4.90 Å². The van der Waals surface area contributed by atoms with Gasteiger partial charge in [-0.05, 0) is 66.8 Å². The summed E-state index contributed by atoms with van der Waals surface area (Å²) in [5.41, 5.74) is 12.1. The fourth-order valence-corrected chi connectivity index (χ4v) is 7.65. The van der Waals surface area contributed by atoms with Crippen molar-refractivity contribution >= 4 is 60.8 Å². The molecule has 1 N–H and O–H groups in total. The minimum Gasteiger partial charge on any atom is -0.309 e. The highest BCUT2D eigenvalue weighted by Crippen LogP contribution is 2.45. The lowest BCUT2D eigenvalue weighted by atomic mass is 9.93. The molecule has 1 aliphatic heterocycles. The maximum absolute atomic E-state index is 3.96. The smallest absolute Gasteiger partial charge is 0.309 e. The van der Waals surface area contributed by atoms with E-state index in [0.717, 1.165) is 35.7 Å². The Balaban J connectivity index is 1.33.